The number of hydrogen-bond acceptors (Lipinski definition) is 2. The van der Waals surface area contributed by atoms with Crippen LogP contribution in [0.1, 0.15) is 37.5 Å². The standard InChI is InChI=1S/C23H28Cl2N2O2/c1-15(2)13-26-23(29)17(4)27(14-19-9-10-20(24)21(25)11-19)22(28)12-18-7-5-16(3)6-8-18/h5-11,15,17H,12-14H2,1-4H3,(H,26,29)/t17-/m1/s1. The van der Waals surface area contributed by atoms with Gasteiger partial charge in [-0.3, -0.25) is 9.59 Å². The summed E-state index contributed by atoms with van der Waals surface area (Å²) in [4.78, 5) is 27.4. The van der Waals surface area contributed by atoms with E-state index in [4.69, 9.17) is 23.2 Å². The number of rotatable bonds is 8. The summed E-state index contributed by atoms with van der Waals surface area (Å²) in [6.45, 7) is 8.65. The summed E-state index contributed by atoms with van der Waals surface area (Å²) in [6, 6.07) is 12.5. The van der Waals surface area contributed by atoms with Crippen molar-refractivity contribution in [1.29, 1.82) is 0 Å². The molecule has 4 nitrogen and oxygen atoms in total. The maximum Gasteiger partial charge on any atom is 0.242 e. The van der Waals surface area contributed by atoms with Crippen LogP contribution in [0.4, 0.5) is 0 Å². The number of carbonyl (C=O) groups excluding carboxylic acids is 2. The number of amides is 2. The number of nitrogens with one attached hydrogen (secondary N) is 1. The third-order valence-electron chi connectivity index (χ3n) is 4.66. The van der Waals surface area contributed by atoms with Gasteiger partial charge in [-0.1, -0.05) is 72.9 Å². The van der Waals surface area contributed by atoms with Crippen molar-refractivity contribution in [2.45, 2.75) is 46.7 Å². The van der Waals surface area contributed by atoms with Gasteiger partial charge in [-0.15, -0.1) is 0 Å². The zero-order chi connectivity index (χ0) is 21.6. The van der Waals surface area contributed by atoms with E-state index in [9.17, 15) is 9.59 Å². The zero-order valence-electron chi connectivity index (χ0n) is 17.3. The minimum Gasteiger partial charge on any atom is -0.354 e. The summed E-state index contributed by atoms with van der Waals surface area (Å²) in [7, 11) is 0. The summed E-state index contributed by atoms with van der Waals surface area (Å²) >= 11 is 12.1. The van der Waals surface area contributed by atoms with E-state index < -0.39 is 6.04 Å². The first-order valence-corrected chi connectivity index (χ1v) is 10.5. The number of carbonyl (C=O) groups is 2. The fourth-order valence-corrected chi connectivity index (χ4v) is 3.17. The van der Waals surface area contributed by atoms with Gasteiger partial charge < -0.3 is 10.2 Å². The predicted molar refractivity (Wildman–Crippen MR) is 119 cm³/mol. The molecule has 2 aromatic rings. The molecule has 29 heavy (non-hydrogen) atoms. The van der Waals surface area contributed by atoms with Crippen molar-refractivity contribution in [1.82, 2.24) is 10.2 Å². The molecule has 2 aromatic carbocycles. The molecule has 0 saturated carbocycles. The molecule has 1 N–H and O–H groups in total. The van der Waals surface area contributed by atoms with E-state index >= 15 is 0 Å². The lowest BCUT2D eigenvalue weighted by Gasteiger charge is -2.29. The minimum absolute atomic E-state index is 0.118. The smallest absolute Gasteiger partial charge is 0.242 e. The predicted octanol–water partition coefficient (Wildman–Crippen LogP) is 5.03. The maximum absolute atomic E-state index is 13.1. The molecule has 6 heteroatoms. The fourth-order valence-electron chi connectivity index (χ4n) is 2.85. The Morgan fingerprint density at radius 2 is 1.59 bits per heavy atom. The Hall–Kier alpha value is -2.04. The highest BCUT2D eigenvalue weighted by atomic mass is 35.5. The van der Waals surface area contributed by atoms with Crippen molar-refractivity contribution in [3.05, 3.63) is 69.2 Å². The lowest BCUT2D eigenvalue weighted by molar-refractivity contribution is -0.140. The molecule has 0 aliphatic rings. The lowest BCUT2D eigenvalue weighted by Crippen LogP contribution is -2.48. The summed E-state index contributed by atoms with van der Waals surface area (Å²) < 4.78 is 0. The average molecular weight is 435 g/mol. The van der Waals surface area contributed by atoms with Crippen molar-refractivity contribution in [2.75, 3.05) is 6.54 Å². The van der Waals surface area contributed by atoms with Gasteiger partial charge in [-0.05, 0) is 43.0 Å². The van der Waals surface area contributed by atoms with Gasteiger partial charge in [-0.2, -0.15) is 0 Å². The number of halogens is 2. The molecule has 0 saturated heterocycles. The van der Waals surface area contributed by atoms with Crippen LogP contribution in [0.3, 0.4) is 0 Å². The number of aryl methyl sites for hydroxylation is 1. The molecule has 0 bridgehead atoms. The average Bonchev–Trinajstić information content (AvgIpc) is 2.68. The summed E-state index contributed by atoms with van der Waals surface area (Å²) in [5.74, 6) is 0.0427. The molecular formula is C23H28Cl2N2O2. The van der Waals surface area contributed by atoms with Crippen molar-refractivity contribution in [3.8, 4) is 0 Å². The Balaban J connectivity index is 2.22. The molecule has 1 atom stereocenters. The molecule has 0 fully saturated rings. The first-order chi connectivity index (χ1) is 13.7. The molecule has 0 unspecified atom stereocenters. The second kappa shape index (κ2) is 10.7. The molecule has 156 valence electrons. The van der Waals surface area contributed by atoms with E-state index in [1.807, 2.05) is 51.1 Å². The second-order valence-corrected chi connectivity index (χ2v) is 8.56. The maximum atomic E-state index is 13.1. The molecule has 2 rings (SSSR count). The van der Waals surface area contributed by atoms with E-state index in [2.05, 4.69) is 5.32 Å². The highest BCUT2D eigenvalue weighted by Crippen LogP contribution is 2.24. The van der Waals surface area contributed by atoms with Gasteiger partial charge in [0.2, 0.25) is 11.8 Å². The largest absolute Gasteiger partial charge is 0.354 e. The van der Waals surface area contributed by atoms with Crippen LogP contribution in [0.25, 0.3) is 0 Å². The first-order valence-electron chi connectivity index (χ1n) is 9.74. The van der Waals surface area contributed by atoms with E-state index in [-0.39, 0.29) is 24.8 Å². The topological polar surface area (TPSA) is 49.4 Å². The summed E-state index contributed by atoms with van der Waals surface area (Å²) in [6.07, 6.45) is 0.226. The zero-order valence-corrected chi connectivity index (χ0v) is 18.8. The van der Waals surface area contributed by atoms with Gasteiger partial charge in [0.1, 0.15) is 6.04 Å². The van der Waals surface area contributed by atoms with E-state index in [1.165, 1.54) is 0 Å². The SMILES string of the molecule is Cc1ccc(CC(=O)N(Cc2ccc(Cl)c(Cl)c2)[C@H](C)C(=O)NCC(C)C)cc1. The van der Waals surface area contributed by atoms with Gasteiger partial charge in [0.25, 0.3) is 0 Å². The van der Waals surface area contributed by atoms with E-state index in [0.717, 1.165) is 16.7 Å². The third kappa shape index (κ3) is 7.06. The molecule has 0 heterocycles. The van der Waals surface area contributed by atoms with Crippen LogP contribution < -0.4 is 5.32 Å². The molecule has 0 aliphatic heterocycles. The van der Waals surface area contributed by atoms with E-state index in [1.54, 1.807) is 24.0 Å². The van der Waals surface area contributed by atoms with Crippen LogP contribution in [0.5, 0.6) is 0 Å². The summed E-state index contributed by atoms with van der Waals surface area (Å²) in [5, 5.41) is 3.79. The van der Waals surface area contributed by atoms with Gasteiger partial charge in [0, 0.05) is 13.1 Å². The van der Waals surface area contributed by atoms with Crippen molar-refractivity contribution >= 4 is 35.0 Å². The van der Waals surface area contributed by atoms with Crippen molar-refractivity contribution in [2.24, 2.45) is 5.92 Å². The first kappa shape index (κ1) is 23.2. The van der Waals surface area contributed by atoms with Crippen LogP contribution in [0.2, 0.25) is 10.0 Å². The van der Waals surface area contributed by atoms with Crippen LogP contribution in [0.15, 0.2) is 42.5 Å². The normalized spacial score (nSPS) is 12.0. The van der Waals surface area contributed by atoms with Crippen LogP contribution in [0, 0.1) is 12.8 Å². The number of benzene rings is 2. The van der Waals surface area contributed by atoms with Crippen LogP contribution >= 0.6 is 23.2 Å². The second-order valence-electron chi connectivity index (χ2n) is 7.75. The van der Waals surface area contributed by atoms with Crippen LogP contribution in [-0.2, 0) is 22.6 Å². The van der Waals surface area contributed by atoms with Gasteiger partial charge >= 0.3 is 0 Å². The van der Waals surface area contributed by atoms with Crippen molar-refractivity contribution in [3.63, 3.8) is 0 Å². The molecule has 2 amide bonds. The Labute approximate surface area is 183 Å². The van der Waals surface area contributed by atoms with E-state index in [0.29, 0.717) is 22.5 Å². The fraction of sp³-hybridized carbons (Fsp3) is 0.391. The summed E-state index contributed by atoms with van der Waals surface area (Å²) in [5.41, 5.74) is 2.87. The molecule has 0 radical (unpaired) electrons. The molecule has 0 spiro atoms. The Bertz CT molecular complexity index is 850. The van der Waals surface area contributed by atoms with Gasteiger partial charge in [0.05, 0.1) is 16.5 Å². The number of nitrogens with zero attached hydrogens (tertiary/aromatic N) is 1. The Morgan fingerprint density at radius 3 is 2.17 bits per heavy atom. The third-order valence-corrected chi connectivity index (χ3v) is 5.40. The number of hydrogen-bond donors (Lipinski definition) is 1. The highest BCUT2D eigenvalue weighted by Gasteiger charge is 2.26. The lowest BCUT2D eigenvalue weighted by atomic mass is 10.1. The van der Waals surface area contributed by atoms with Crippen molar-refractivity contribution < 1.29 is 9.59 Å². The Kier molecular flexibility index (Phi) is 8.54. The molecule has 0 aromatic heterocycles. The van der Waals surface area contributed by atoms with Gasteiger partial charge in [-0.25, -0.2) is 0 Å². The molecular weight excluding hydrogens is 407 g/mol. The Morgan fingerprint density at radius 1 is 0.966 bits per heavy atom. The van der Waals surface area contributed by atoms with Crippen LogP contribution in [-0.4, -0.2) is 29.3 Å². The molecule has 0 aliphatic carbocycles. The monoisotopic (exact) mass is 434 g/mol. The highest BCUT2D eigenvalue weighted by molar-refractivity contribution is 6.42. The van der Waals surface area contributed by atoms with Gasteiger partial charge in [0.15, 0.2) is 0 Å². The minimum atomic E-state index is -0.610. The quantitative estimate of drug-likeness (QED) is 0.632.